The van der Waals surface area contributed by atoms with Gasteiger partial charge in [-0.1, -0.05) is 48.5 Å². The van der Waals surface area contributed by atoms with Crippen molar-refractivity contribution in [2.24, 2.45) is 0 Å². The van der Waals surface area contributed by atoms with Crippen LogP contribution in [0.1, 0.15) is 12.5 Å². The molecule has 104 valence electrons. The van der Waals surface area contributed by atoms with Crippen LogP contribution >= 0.6 is 0 Å². The lowest BCUT2D eigenvalue weighted by Gasteiger charge is -2.14. The third kappa shape index (κ3) is 4.76. The Balaban J connectivity index is 1.74. The van der Waals surface area contributed by atoms with Crippen molar-refractivity contribution in [2.75, 3.05) is 11.9 Å². The number of nitrogens with one attached hydrogen (secondary N) is 2. The van der Waals surface area contributed by atoms with Gasteiger partial charge in [0.15, 0.2) is 0 Å². The highest BCUT2D eigenvalue weighted by Gasteiger charge is 2.07. The molecule has 2 aromatic carbocycles. The van der Waals surface area contributed by atoms with E-state index < -0.39 is 0 Å². The first-order chi connectivity index (χ1) is 9.74. The molecule has 0 fully saturated rings. The molecular formula is C17H20N2O. The molecule has 0 aliphatic carbocycles. The second-order valence-corrected chi connectivity index (χ2v) is 4.88. The van der Waals surface area contributed by atoms with Crippen LogP contribution in [0.2, 0.25) is 0 Å². The standard InChI is InChI=1S/C17H20N2O/c1-14(12-15-8-4-2-5-9-15)19-17(20)13-18-16-10-6-3-7-11-16/h2-11,14,18H,12-13H2,1H3,(H,19,20). The Kier molecular flexibility index (Phi) is 5.18. The average Bonchev–Trinajstić information content (AvgIpc) is 2.47. The van der Waals surface area contributed by atoms with E-state index in [1.807, 2.05) is 55.5 Å². The van der Waals surface area contributed by atoms with Gasteiger partial charge in [0.25, 0.3) is 0 Å². The number of benzene rings is 2. The van der Waals surface area contributed by atoms with Gasteiger partial charge >= 0.3 is 0 Å². The van der Waals surface area contributed by atoms with Gasteiger partial charge in [-0.2, -0.15) is 0 Å². The van der Waals surface area contributed by atoms with E-state index in [9.17, 15) is 4.79 Å². The third-order valence-corrected chi connectivity index (χ3v) is 3.02. The maximum Gasteiger partial charge on any atom is 0.239 e. The number of carbonyl (C=O) groups excluding carboxylic acids is 1. The summed E-state index contributed by atoms with van der Waals surface area (Å²) in [6.07, 6.45) is 0.845. The molecule has 20 heavy (non-hydrogen) atoms. The van der Waals surface area contributed by atoms with Crippen LogP contribution in [0, 0.1) is 0 Å². The van der Waals surface area contributed by atoms with Gasteiger partial charge in [0.2, 0.25) is 5.91 Å². The van der Waals surface area contributed by atoms with Crippen LogP contribution in [0.4, 0.5) is 5.69 Å². The van der Waals surface area contributed by atoms with Crippen LogP contribution in [0.5, 0.6) is 0 Å². The maximum absolute atomic E-state index is 11.8. The van der Waals surface area contributed by atoms with Gasteiger partial charge in [-0.05, 0) is 31.0 Å². The lowest BCUT2D eigenvalue weighted by molar-refractivity contribution is -0.119. The van der Waals surface area contributed by atoms with Gasteiger partial charge in [0.05, 0.1) is 6.54 Å². The zero-order valence-corrected chi connectivity index (χ0v) is 11.7. The van der Waals surface area contributed by atoms with E-state index in [1.165, 1.54) is 5.56 Å². The van der Waals surface area contributed by atoms with Crippen LogP contribution < -0.4 is 10.6 Å². The minimum atomic E-state index is 0.0114. The smallest absolute Gasteiger partial charge is 0.239 e. The van der Waals surface area contributed by atoms with Gasteiger partial charge in [-0.3, -0.25) is 4.79 Å². The fraction of sp³-hybridized carbons (Fsp3) is 0.235. The Bertz CT molecular complexity index is 525. The largest absolute Gasteiger partial charge is 0.376 e. The number of rotatable bonds is 6. The normalized spacial score (nSPS) is 11.7. The van der Waals surface area contributed by atoms with E-state index in [-0.39, 0.29) is 11.9 Å². The molecule has 0 bridgehead atoms. The predicted molar refractivity (Wildman–Crippen MR) is 82.7 cm³/mol. The monoisotopic (exact) mass is 268 g/mol. The molecule has 1 unspecified atom stereocenters. The molecule has 0 radical (unpaired) electrons. The second kappa shape index (κ2) is 7.34. The number of hydrogen-bond acceptors (Lipinski definition) is 2. The minimum absolute atomic E-state index is 0.0114. The third-order valence-electron chi connectivity index (χ3n) is 3.02. The molecular weight excluding hydrogens is 248 g/mol. The second-order valence-electron chi connectivity index (χ2n) is 4.88. The number of carbonyl (C=O) groups is 1. The SMILES string of the molecule is CC(Cc1ccccc1)NC(=O)CNc1ccccc1. The van der Waals surface area contributed by atoms with Crippen molar-refractivity contribution < 1.29 is 4.79 Å². The summed E-state index contributed by atoms with van der Waals surface area (Å²) in [5, 5.41) is 6.10. The molecule has 2 N–H and O–H groups in total. The number of para-hydroxylation sites is 1. The molecule has 3 heteroatoms. The maximum atomic E-state index is 11.8. The fourth-order valence-electron chi connectivity index (χ4n) is 2.08. The van der Waals surface area contributed by atoms with Crippen molar-refractivity contribution in [1.82, 2.24) is 5.32 Å². The first-order valence-corrected chi connectivity index (χ1v) is 6.86. The summed E-state index contributed by atoms with van der Waals surface area (Å²) in [7, 11) is 0. The van der Waals surface area contributed by atoms with Crippen molar-refractivity contribution in [3.8, 4) is 0 Å². The number of hydrogen-bond donors (Lipinski definition) is 2. The van der Waals surface area contributed by atoms with Gasteiger partial charge in [-0.25, -0.2) is 0 Å². The first kappa shape index (κ1) is 14.1. The van der Waals surface area contributed by atoms with Gasteiger partial charge in [0.1, 0.15) is 0 Å². The molecule has 2 rings (SSSR count). The Morgan fingerprint density at radius 1 is 1.00 bits per heavy atom. The number of anilines is 1. The molecule has 0 spiro atoms. The molecule has 1 atom stereocenters. The van der Waals surface area contributed by atoms with Crippen LogP contribution in [0.15, 0.2) is 60.7 Å². The highest BCUT2D eigenvalue weighted by Crippen LogP contribution is 2.04. The highest BCUT2D eigenvalue weighted by atomic mass is 16.1. The minimum Gasteiger partial charge on any atom is -0.376 e. The molecule has 2 aromatic rings. The Labute approximate surface area is 120 Å². The summed E-state index contributed by atoms with van der Waals surface area (Å²) >= 11 is 0. The summed E-state index contributed by atoms with van der Waals surface area (Å²) in [6, 6.07) is 20.0. The summed E-state index contributed by atoms with van der Waals surface area (Å²) < 4.78 is 0. The fourth-order valence-corrected chi connectivity index (χ4v) is 2.08. The Morgan fingerprint density at radius 2 is 1.60 bits per heavy atom. The average molecular weight is 268 g/mol. The summed E-state index contributed by atoms with van der Waals surface area (Å²) in [5.74, 6) is 0.0114. The summed E-state index contributed by atoms with van der Waals surface area (Å²) in [4.78, 5) is 11.8. The van der Waals surface area contributed by atoms with E-state index in [0.717, 1.165) is 12.1 Å². The van der Waals surface area contributed by atoms with Crippen molar-refractivity contribution in [1.29, 1.82) is 0 Å². The van der Waals surface area contributed by atoms with Crippen LogP contribution in [-0.4, -0.2) is 18.5 Å². The molecule has 1 amide bonds. The van der Waals surface area contributed by atoms with Crippen molar-refractivity contribution in [3.63, 3.8) is 0 Å². The lowest BCUT2D eigenvalue weighted by atomic mass is 10.1. The van der Waals surface area contributed by atoms with E-state index in [1.54, 1.807) is 0 Å². The number of amides is 1. The summed E-state index contributed by atoms with van der Waals surface area (Å²) in [6.45, 7) is 2.32. The zero-order chi connectivity index (χ0) is 14.2. The van der Waals surface area contributed by atoms with E-state index >= 15 is 0 Å². The van der Waals surface area contributed by atoms with Crippen LogP contribution in [-0.2, 0) is 11.2 Å². The molecule has 0 heterocycles. The molecule has 0 saturated carbocycles. The Hall–Kier alpha value is -2.29. The lowest BCUT2D eigenvalue weighted by Crippen LogP contribution is -2.37. The molecule has 0 aliphatic heterocycles. The topological polar surface area (TPSA) is 41.1 Å². The van der Waals surface area contributed by atoms with Gasteiger partial charge in [0, 0.05) is 11.7 Å². The highest BCUT2D eigenvalue weighted by molar-refractivity contribution is 5.80. The van der Waals surface area contributed by atoms with Crippen molar-refractivity contribution in [3.05, 3.63) is 66.2 Å². The van der Waals surface area contributed by atoms with Gasteiger partial charge < -0.3 is 10.6 Å². The van der Waals surface area contributed by atoms with E-state index in [2.05, 4.69) is 22.8 Å². The molecule has 3 nitrogen and oxygen atoms in total. The molecule has 0 saturated heterocycles. The molecule has 0 aromatic heterocycles. The van der Waals surface area contributed by atoms with Crippen molar-refractivity contribution in [2.45, 2.75) is 19.4 Å². The van der Waals surface area contributed by atoms with Crippen LogP contribution in [0.3, 0.4) is 0 Å². The van der Waals surface area contributed by atoms with E-state index in [4.69, 9.17) is 0 Å². The zero-order valence-electron chi connectivity index (χ0n) is 11.7. The van der Waals surface area contributed by atoms with Gasteiger partial charge in [-0.15, -0.1) is 0 Å². The van der Waals surface area contributed by atoms with Crippen molar-refractivity contribution >= 4 is 11.6 Å². The van der Waals surface area contributed by atoms with Crippen LogP contribution in [0.25, 0.3) is 0 Å². The first-order valence-electron chi connectivity index (χ1n) is 6.86. The van der Waals surface area contributed by atoms with E-state index in [0.29, 0.717) is 6.54 Å². The predicted octanol–water partition coefficient (Wildman–Crippen LogP) is 2.85. The summed E-state index contributed by atoms with van der Waals surface area (Å²) in [5.41, 5.74) is 2.19. The Morgan fingerprint density at radius 3 is 2.25 bits per heavy atom. The molecule has 0 aliphatic rings. The quantitative estimate of drug-likeness (QED) is 0.846.